The molecule has 0 radical (unpaired) electrons. The van der Waals surface area contributed by atoms with Gasteiger partial charge in [0.25, 0.3) is 11.8 Å². The summed E-state index contributed by atoms with van der Waals surface area (Å²) in [5.41, 5.74) is 2.07. The van der Waals surface area contributed by atoms with Crippen LogP contribution in [0.4, 0.5) is 17.1 Å². The van der Waals surface area contributed by atoms with Crippen molar-refractivity contribution in [3.8, 4) is 0 Å². The van der Waals surface area contributed by atoms with Crippen LogP contribution in [0.1, 0.15) is 33.6 Å². The number of anilines is 3. The summed E-state index contributed by atoms with van der Waals surface area (Å²) >= 11 is 0. The lowest BCUT2D eigenvalue weighted by Gasteiger charge is -2.15. The van der Waals surface area contributed by atoms with E-state index in [1.807, 2.05) is 0 Å². The van der Waals surface area contributed by atoms with Crippen LogP contribution in [0.15, 0.2) is 73.1 Å². The normalized spacial score (nSPS) is 13.2. The van der Waals surface area contributed by atoms with Gasteiger partial charge in [-0.3, -0.25) is 29.1 Å². The molecule has 0 atom stereocenters. The lowest BCUT2D eigenvalue weighted by Crippen LogP contribution is -2.28. The number of rotatable bonds is 5. The summed E-state index contributed by atoms with van der Waals surface area (Å²) in [6.07, 6.45) is 3.49. The van der Waals surface area contributed by atoms with Crippen LogP contribution in [-0.2, 0) is 9.59 Å². The van der Waals surface area contributed by atoms with Gasteiger partial charge in [0.2, 0.25) is 11.8 Å². The average molecular weight is 414 g/mol. The third kappa shape index (κ3) is 4.48. The molecule has 1 aliphatic rings. The zero-order valence-corrected chi connectivity index (χ0v) is 16.4. The SMILES string of the molecule is O=C(Nc1ccncc1)c1cccc(NC(=O)c2cccc(N3C(=O)CCC3=O)c2)c1. The fourth-order valence-corrected chi connectivity index (χ4v) is 3.23. The second kappa shape index (κ2) is 8.58. The second-order valence-corrected chi connectivity index (χ2v) is 6.90. The molecule has 0 spiro atoms. The maximum absolute atomic E-state index is 12.7. The third-order valence-corrected chi connectivity index (χ3v) is 4.74. The number of amides is 4. The number of hydrogen-bond acceptors (Lipinski definition) is 5. The number of pyridine rings is 1. The molecule has 0 unspecified atom stereocenters. The van der Waals surface area contributed by atoms with Gasteiger partial charge in [-0.05, 0) is 48.5 Å². The summed E-state index contributed by atoms with van der Waals surface area (Å²) in [7, 11) is 0. The van der Waals surface area contributed by atoms with Crippen LogP contribution in [-0.4, -0.2) is 28.6 Å². The van der Waals surface area contributed by atoms with Crippen molar-refractivity contribution in [3.05, 3.63) is 84.2 Å². The van der Waals surface area contributed by atoms with Crippen LogP contribution in [0.5, 0.6) is 0 Å². The molecular weight excluding hydrogens is 396 g/mol. The summed E-state index contributed by atoms with van der Waals surface area (Å²) in [6, 6.07) is 16.2. The van der Waals surface area contributed by atoms with Gasteiger partial charge in [0, 0.05) is 47.7 Å². The molecule has 0 aliphatic carbocycles. The maximum Gasteiger partial charge on any atom is 0.255 e. The molecule has 0 bridgehead atoms. The highest BCUT2D eigenvalue weighted by Crippen LogP contribution is 2.24. The summed E-state index contributed by atoms with van der Waals surface area (Å²) < 4.78 is 0. The Hall–Kier alpha value is -4.33. The van der Waals surface area contributed by atoms with Crippen molar-refractivity contribution in [2.24, 2.45) is 0 Å². The largest absolute Gasteiger partial charge is 0.322 e. The predicted octanol–water partition coefficient (Wildman–Crippen LogP) is 3.24. The molecule has 1 saturated heterocycles. The van der Waals surface area contributed by atoms with Crippen molar-refractivity contribution in [2.75, 3.05) is 15.5 Å². The minimum atomic E-state index is -0.423. The summed E-state index contributed by atoms with van der Waals surface area (Å²) in [6.45, 7) is 0. The van der Waals surface area contributed by atoms with E-state index in [1.54, 1.807) is 67.0 Å². The Kier molecular flexibility index (Phi) is 5.53. The van der Waals surface area contributed by atoms with Crippen LogP contribution in [0.3, 0.4) is 0 Å². The molecule has 4 rings (SSSR count). The van der Waals surface area contributed by atoms with Gasteiger partial charge in [0.15, 0.2) is 0 Å². The molecule has 8 heteroatoms. The molecule has 2 N–H and O–H groups in total. The van der Waals surface area contributed by atoms with Gasteiger partial charge in [-0.2, -0.15) is 0 Å². The molecule has 1 aromatic heterocycles. The Morgan fingerprint density at radius 3 is 2.00 bits per heavy atom. The molecular formula is C23H18N4O4. The quantitative estimate of drug-likeness (QED) is 0.623. The molecule has 4 amide bonds. The van der Waals surface area contributed by atoms with Gasteiger partial charge in [0.05, 0.1) is 5.69 Å². The second-order valence-electron chi connectivity index (χ2n) is 6.90. The molecule has 154 valence electrons. The number of imide groups is 1. The van der Waals surface area contributed by atoms with Crippen LogP contribution in [0.25, 0.3) is 0 Å². The molecule has 8 nitrogen and oxygen atoms in total. The van der Waals surface area contributed by atoms with Crippen molar-refractivity contribution in [3.63, 3.8) is 0 Å². The number of aromatic nitrogens is 1. The summed E-state index contributed by atoms with van der Waals surface area (Å²) in [5.74, 6) is -1.31. The topological polar surface area (TPSA) is 108 Å². The van der Waals surface area contributed by atoms with E-state index in [0.717, 1.165) is 4.90 Å². The lowest BCUT2D eigenvalue weighted by atomic mass is 10.1. The minimum Gasteiger partial charge on any atom is -0.322 e. The highest BCUT2D eigenvalue weighted by atomic mass is 16.2. The predicted molar refractivity (Wildman–Crippen MR) is 115 cm³/mol. The summed E-state index contributed by atoms with van der Waals surface area (Å²) in [5, 5.41) is 5.50. The fourth-order valence-electron chi connectivity index (χ4n) is 3.23. The van der Waals surface area contributed by atoms with Gasteiger partial charge in [-0.25, -0.2) is 0 Å². The third-order valence-electron chi connectivity index (χ3n) is 4.74. The van der Waals surface area contributed by atoms with E-state index in [2.05, 4.69) is 15.6 Å². The van der Waals surface area contributed by atoms with Crippen molar-refractivity contribution < 1.29 is 19.2 Å². The lowest BCUT2D eigenvalue weighted by molar-refractivity contribution is -0.121. The maximum atomic E-state index is 12.7. The number of benzene rings is 2. The van der Waals surface area contributed by atoms with Crippen molar-refractivity contribution in [1.82, 2.24) is 4.98 Å². The first-order chi connectivity index (χ1) is 15.0. The van der Waals surface area contributed by atoms with Crippen molar-refractivity contribution >= 4 is 40.7 Å². The Balaban J connectivity index is 1.48. The standard InChI is InChI=1S/C23H18N4O4/c28-20-7-8-21(29)27(20)19-6-2-4-16(14-19)23(31)26-18-5-1-3-15(13-18)22(30)25-17-9-11-24-12-10-17/h1-6,9-14H,7-8H2,(H,26,31)(H,24,25,30). The van der Waals surface area contributed by atoms with Gasteiger partial charge < -0.3 is 10.6 Å². The van der Waals surface area contributed by atoms with E-state index >= 15 is 0 Å². The van der Waals surface area contributed by atoms with Gasteiger partial charge in [-0.15, -0.1) is 0 Å². The van der Waals surface area contributed by atoms with Crippen molar-refractivity contribution in [1.29, 1.82) is 0 Å². The number of nitrogens with zero attached hydrogens (tertiary/aromatic N) is 2. The van der Waals surface area contributed by atoms with Crippen LogP contribution < -0.4 is 15.5 Å². The van der Waals surface area contributed by atoms with Gasteiger partial charge in [-0.1, -0.05) is 12.1 Å². The molecule has 31 heavy (non-hydrogen) atoms. The smallest absolute Gasteiger partial charge is 0.255 e. The molecule has 1 fully saturated rings. The Bertz CT molecular complexity index is 1160. The molecule has 2 aromatic carbocycles. The first kappa shape index (κ1) is 20.0. The first-order valence-corrected chi connectivity index (χ1v) is 9.60. The van der Waals surface area contributed by atoms with Crippen molar-refractivity contribution in [2.45, 2.75) is 12.8 Å². The van der Waals surface area contributed by atoms with E-state index < -0.39 is 5.91 Å². The average Bonchev–Trinajstić information content (AvgIpc) is 3.12. The Morgan fingerprint density at radius 2 is 1.32 bits per heavy atom. The molecule has 2 heterocycles. The Morgan fingerprint density at radius 1 is 0.742 bits per heavy atom. The fraction of sp³-hybridized carbons (Fsp3) is 0.0870. The molecule has 3 aromatic rings. The van der Waals surface area contributed by atoms with Crippen LogP contribution >= 0.6 is 0 Å². The molecule has 0 saturated carbocycles. The first-order valence-electron chi connectivity index (χ1n) is 9.60. The summed E-state index contributed by atoms with van der Waals surface area (Å²) in [4.78, 5) is 54.1. The van der Waals surface area contributed by atoms with Gasteiger partial charge >= 0.3 is 0 Å². The van der Waals surface area contributed by atoms with E-state index in [9.17, 15) is 19.2 Å². The monoisotopic (exact) mass is 414 g/mol. The Labute approximate surface area is 177 Å². The highest BCUT2D eigenvalue weighted by molar-refractivity contribution is 6.20. The van der Waals surface area contributed by atoms with Crippen LogP contribution in [0.2, 0.25) is 0 Å². The van der Waals surface area contributed by atoms with E-state index in [0.29, 0.717) is 22.6 Å². The zero-order valence-electron chi connectivity index (χ0n) is 16.4. The number of carbonyl (C=O) groups excluding carboxylic acids is 4. The van der Waals surface area contributed by atoms with E-state index in [-0.39, 0.29) is 36.1 Å². The van der Waals surface area contributed by atoms with E-state index in [1.165, 1.54) is 6.07 Å². The molecule has 1 aliphatic heterocycles. The minimum absolute atomic E-state index is 0.170. The number of nitrogens with one attached hydrogen (secondary N) is 2. The zero-order chi connectivity index (χ0) is 21.8. The van der Waals surface area contributed by atoms with E-state index in [4.69, 9.17) is 0 Å². The van der Waals surface area contributed by atoms with Gasteiger partial charge in [0.1, 0.15) is 0 Å². The number of hydrogen-bond donors (Lipinski definition) is 2. The highest BCUT2D eigenvalue weighted by Gasteiger charge is 2.30. The number of carbonyl (C=O) groups is 4. The van der Waals surface area contributed by atoms with Crippen LogP contribution in [0, 0.1) is 0 Å².